The van der Waals surface area contributed by atoms with Crippen molar-refractivity contribution in [2.75, 3.05) is 12.9 Å². The number of amidine groups is 2. The summed E-state index contributed by atoms with van der Waals surface area (Å²) in [5, 5.41) is 0.376. The topological polar surface area (TPSA) is 87.4 Å². The van der Waals surface area contributed by atoms with Crippen molar-refractivity contribution >= 4 is 34.4 Å². The molecule has 0 amide bonds. The van der Waals surface area contributed by atoms with Gasteiger partial charge < -0.3 is 15.1 Å². The predicted molar refractivity (Wildman–Crippen MR) is 53.6 cm³/mol. The van der Waals surface area contributed by atoms with Gasteiger partial charge in [0.25, 0.3) is 5.71 Å². The van der Waals surface area contributed by atoms with Gasteiger partial charge in [0.15, 0.2) is 0 Å². The van der Waals surface area contributed by atoms with Crippen molar-refractivity contribution in [3.05, 3.63) is 5.53 Å². The highest BCUT2D eigenvalue weighted by Gasteiger charge is 2.34. The molecule has 0 aromatic carbocycles. The third-order valence-electron chi connectivity index (χ3n) is 1.37. The van der Waals surface area contributed by atoms with Gasteiger partial charge in [-0.1, -0.05) is 11.8 Å². The molecule has 14 heavy (non-hydrogen) atoms. The predicted octanol–water partition coefficient (Wildman–Crippen LogP) is 0.351. The molecule has 0 fully saturated rings. The van der Waals surface area contributed by atoms with Crippen LogP contribution in [-0.4, -0.2) is 40.3 Å². The molecule has 1 heterocycles. The molecule has 6 nitrogen and oxygen atoms in total. The first-order valence-corrected chi connectivity index (χ1v) is 5.06. The maximum absolute atomic E-state index is 11.2. The first-order chi connectivity index (χ1) is 6.72. The average molecular weight is 212 g/mol. The quantitative estimate of drug-likeness (QED) is 0.376. The number of hydrogen-bond acceptors (Lipinski definition) is 4. The van der Waals surface area contributed by atoms with Gasteiger partial charge in [-0.3, -0.25) is 0 Å². The Balaban J connectivity index is 2.92. The molecule has 0 saturated carbocycles. The van der Waals surface area contributed by atoms with Crippen molar-refractivity contribution in [1.29, 1.82) is 0 Å². The molecule has 0 saturated heterocycles. The summed E-state index contributed by atoms with van der Waals surface area (Å²) in [5.74, 6) is -0.735. The minimum atomic E-state index is -0.631. The normalized spacial score (nSPS) is 14.6. The summed E-state index contributed by atoms with van der Waals surface area (Å²) < 4.78 is 4.71. The van der Waals surface area contributed by atoms with Crippen LogP contribution in [0.3, 0.4) is 0 Å². The lowest BCUT2D eigenvalue weighted by atomic mass is 10.3. The van der Waals surface area contributed by atoms with E-state index in [9.17, 15) is 4.79 Å². The van der Waals surface area contributed by atoms with Crippen LogP contribution in [0.4, 0.5) is 0 Å². The van der Waals surface area contributed by atoms with Gasteiger partial charge in [-0.05, 0) is 13.2 Å². The maximum atomic E-state index is 11.2. The first kappa shape index (κ1) is 10.6. The van der Waals surface area contributed by atoms with Crippen molar-refractivity contribution < 1.29 is 14.3 Å². The lowest BCUT2D eigenvalue weighted by Crippen LogP contribution is -2.23. The summed E-state index contributed by atoms with van der Waals surface area (Å²) in [5.41, 5.74) is 8.49. The van der Waals surface area contributed by atoms with E-state index < -0.39 is 5.97 Å². The van der Waals surface area contributed by atoms with E-state index in [1.807, 2.05) is 0 Å². The minimum absolute atomic E-state index is 0.0568. The highest BCUT2D eigenvalue weighted by molar-refractivity contribution is 8.13. The van der Waals surface area contributed by atoms with Gasteiger partial charge in [0.05, 0.1) is 6.61 Å². The van der Waals surface area contributed by atoms with Crippen LogP contribution in [-0.2, 0) is 9.53 Å². The fourth-order valence-electron chi connectivity index (χ4n) is 0.812. The summed E-state index contributed by atoms with van der Waals surface area (Å²) >= 11 is 1.25. The zero-order chi connectivity index (χ0) is 10.6. The second-order valence-corrected chi connectivity index (χ2v) is 2.98. The SMILES string of the molecule is CCOC(=O)C1=NC(SC)=NC1=[N+]=[N-]. The lowest BCUT2D eigenvalue weighted by molar-refractivity contribution is -0.134. The number of carbonyl (C=O) groups excluding carboxylic acids is 1. The highest BCUT2D eigenvalue weighted by Crippen LogP contribution is 2.08. The molecule has 0 atom stereocenters. The maximum Gasteiger partial charge on any atom is 0.437 e. The number of ether oxygens (including phenoxy) is 1. The molecule has 74 valence electrons. The van der Waals surface area contributed by atoms with Crippen LogP contribution in [0.25, 0.3) is 5.53 Å². The first-order valence-electron chi connectivity index (χ1n) is 3.83. The Kier molecular flexibility index (Phi) is 3.55. The van der Waals surface area contributed by atoms with Crippen molar-refractivity contribution in [2.45, 2.75) is 6.92 Å². The van der Waals surface area contributed by atoms with Crippen molar-refractivity contribution in [2.24, 2.45) is 9.98 Å². The molecule has 0 bridgehead atoms. The monoisotopic (exact) mass is 212 g/mol. The molecule has 7 heteroatoms. The third kappa shape index (κ3) is 2.07. The van der Waals surface area contributed by atoms with E-state index in [4.69, 9.17) is 10.3 Å². The van der Waals surface area contributed by atoms with Crippen LogP contribution >= 0.6 is 11.8 Å². The Morgan fingerprint density at radius 1 is 1.64 bits per heavy atom. The largest absolute Gasteiger partial charge is 0.497 e. The second-order valence-electron chi connectivity index (χ2n) is 2.20. The van der Waals surface area contributed by atoms with Crippen molar-refractivity contribution in [3.8, 4) is 0 Å². The molecular weight excluding hydrogens is 204 g/mol. The zero-order valence-electron chi connectivity index (χ0n) is 7.72. The molecule has 1 aliphatic rings. The van der Waals surface area contributed by atoms with E-state index in [-0.39, 0.29) is 18.2 Å². The number of rotatable bonds is 2. The summed E-state index contributed by atoms with van der Waals surface area (Å²) in [7, 11) is 0. The molecule has 0 unspecified atom stereocenters. The smallest absolute Gasteiger partial charge is 0.437 e. The van der Waals surface area contributed by atoms with E-state index in [0.29, 0.717) is 5.17 Å². The van der Waals surface area contributed by atoms with Gasteiger partial charge in [0, 0.05) is 4.99 Å². The Morgan fingerprint density at radius 3 is 2.86 bits per heavy atom. The van der Waals surface area contributed by atoms with Crippen LogP contribution in [0.5, 0.6) is 0 Å². The molecule has 1 aliphatic heterocycles. The van der Waals surface area contributed by atoms with Gasteiger partial charge in [0.1, 0.15) is 0 Å². The van der Waals surface area contributed by atoms with Crippen LogP contribution < -0.4 is 0 Å². The Hall–Kier alpha value is -1.46. The van der Waals surface area contributed by atoms with Crippen molar-refractivity contribution in [1.82, 2.24) is 0 Å². The van der Waals surface area contributed by atoms with Gasteiger partial charge in [-0.25, -0.2) is 4.79 Å². The molecule has 1 rings (SSSR count). The molecule has 0 aromatic rings. The van der Waals surface area contributed by atoms with E-state index in [1.54, 1.807) is 13.2 Å². The number of aliphatic imine (C=N–C) groups is 2. The summed E-state index contributed by atoms with van der Waals surface area (Å²) in [6, 6.07) is 0. The molecular formula is C7H8N4O2S. The molecule has 0 spiro atoms. The summed E-state index contributed by atoms with van der Waals surface area (Å²) in [6.45, 7) is 1.92. The van der Waals surface area contributed by atoms with E-state index in [0.717, 1.165) is 0 Å². The molecule has 0 aliphatic carbocycles. The number of esters is 1. The number of hydrogen-bond donors (Lipinski definition) is 0. The van der Waals surface area contributed by atoms with Gasteiger partial charge in [0.2, 0.25) is 0 Å². The van der Waals surface area contributed by atoms with Crippen LogP contribution in [0.1, 0.15) is 6.92 Å². The standard InChI is InChI=1S/C7H8N4O2S/c1-3-13-6(12)4-5(11-8)10-7(9-4)14-2/h3H2,1-2H3. The summed E-state index contributed by atoms with van der Waals surface area (Å²) in [4.78, 5) is 21.7. The fourth-order valence-corrected chi connectivity index (χ4v) is 1.17. The average Bonchev–Trinajstić information content (AvgIpc) is 2.61. The Labute approximate surface area is 84.7 Å². The summed E-state index contributed by atoms with van der Waals surface area (Å²) in [6.07, 6.45) is 1.76. The second kappa shape index (κ2) is 4.69. The van der Waals surface area contributed by atoms with E-state index in [2.05, 4.69) is 14.8 Å². The Morgan fingerprint density at radius 2 is 2.36 bits per heavy atom. The van der Waals surface area contributed by atoms with Crippen molar-refractivity contribution in [3.63, 3.8) is 0 Å². The van der Waals surface area contributed by atoms with Gasteiger partial charge >= 0.3 is 17.0 Å². The third-order valence-corrected chi connectivity index (χ3v) is 1.91. The number of carbonyl (C=O) groups is 1. The van der Waals surface area contributed by atoms with Gasteiger partial charge in [-0.15, -0.1) is 0 Å². The zero-order valence-corrected chi connectivity index (χ0v) is 8.54. The molecule has 0 aromatic heterocycles. The molecule has 0 radical (unpaired) electrons. The fraction of sp³-hybridized carbons (Fsp3) is 0.429. The number of nitrogens with zero attached hydrogens (tertiary/aromatic N) is 4. The van der Waals surface area contributed by atoms with Gasteiger partial charge in [-0.2, -0.15) is 4.99 Å². The highest BCUT2D eigenvalue weighted by atomic mass is 32.2. The van der Waals surface area contributed by atoms with Crippen LogP contribution in [0.2, 0.25) is 0 Å². The van der Waals surface area contributed by atoms with Crippen LogP contribution in [0, 0.1) is 0 Å². The Bertz CT molecular complexity index is 368. The van der Waals surface area contributed by atoms with Crippen LogP contribution in [0.15, 0.2) is 9.98 Å². The van der Waals surface area contributed by atoms with E-state index in [1.165, 1.54) is 11.8 Å². The minimum Gasteiger partial charge on any atom is -0.497 e. The van der Waals surface area contributed by atoms with E-state index >= 15 is 0 Å². The molecule has 0 N–H and O–H groups in total. The number of thioether (sulfide) groups is 1. The lowest BCUT2D eigenvalue weighted by Gasteiger charge is -1.95.